The van der Waals surface area contributed by atoms with Gasteiger partial charge in [-0.2, -0.15) is 0 Å². The number of hydrazine groups is 1. The fourth-order valence-corrected chi connectivity index (χ4v) is 1.53. The molecule has 1 rings (SSSR count). The molecular formula is C11H16N2O3. The number of nitrogens with one attached hydrogen (secondary N) is 1. The van der Waals surface area contributed by atoms with Gasteiger partial charge in [-0.1, -0.05) is 30.3 Å². The van der Waals surface area contributed by atoms with Gasteiger partial charge in [-0.15, -0.1) is 0 Å². The minimum Gasteiger partial charge on any atom is -0.395 e. The van der Waals surface area contributed by atoms with E-state index in [1.807, 2.05) is 35.8 Å². The molecule has 0 spiro atoms. The molecule has 0 fully saturated rings. The van der Waals surface area contributed by atoms with Crippen LogP contribution in [-0.2, 0) is 11.2 Å². The number of hydrogen-bond acceptors (Lipinski definition) is 4. The van der Waals surface area contributed by atoms with E-state index in [-0.39, 0.29) is 6.42 Å². The van der Waals surface area contributed by atoms with Crippen molar-refractivity contribution in [3.05, 3.63) is 35.9 Å². The van der Waals surface area contributed by atoms with Crippen molar-refractivity contribution in [3.8, 4) is 0 Å². The second-order valence-electron chi connectivity index (χ2n) is 3.73. The molecule has 0 saturated carbocycles. The normalized spacial score (nSPS) is 11.2. The highest BCUT2D eigenvalue weighted by atomic mass is 16.3. The van der Waals surface area contributed by atoms with E-state index in [9.17, 15) is 15.0 Å². The maximum atomic E-state index is 11.5. The van der Waals surface area contributed by atoms with Crippen LogP contribution in [0.25, 0.3) is 0 Å². The smallest absolute Gasteiger partial charge is 0.245 e. The maximum absolute atomic E-state index is 11.5. The second-order valence-corrected chi connectivity index (χ2v) is 3.73. The lowest BCUT2D eigenvalue weighted by Gasteiger charge is -2.27. The number of amides is 1. The number of benzene rings is 1. The SMILES string of the molecule is NNC(=O)C(CO)(CO)Cc1ccccc1. The van der Waals surface area contributed by atoms with Crippen LogP contribution < -0.4 is 11.3 Å². The van der Waals surface area contributed by atoms with Gasteiger partial charge in [0.05, 0.1) is 13.2 Å². The molecule has 0 radical (unpaired) electrons. The predicted octanol–water partition coefficient (Wildman–Crippen LogP) is -0.810. The second kappa shape index (κ2) is 5.60. The quantitative estimate of drug-likeness (QED) is 0.299. The van der Waals surface area contributed by atoms with E-state index in [1.54, 1.807) is 0 Å². The van der Waals surface area contributed by atoms with E-state index in [2.05, 4.69) is 0 Å². The minimum atomic E-state index is -1.27. The van der Waals surface area contributed by atoms with Gasteiger partial charge in [-0.3, -0.25) is 10.2 Å². The average molecular weight is 224 g/mol. The molecule has 0 aliphatic rings. The zero-order valence-electron chi connectivity index (χ0n) is 8.89. The van der Waals surface area contributed by atoms with E-state index in [1.165, 1.54) is 0 Å². The molecule has 0 aliphatic carbocycles. The molecule has 1 amide bonds. The van der Waals surface area contributed by atoms with Crippen molar-refractivity contribution >= 4 is 5.91 Å². The van der Waals surface area contributed by atoms with Crippen molar-refractivity contribution in [2.24, 2.45) is 11.3 Å². The first-order valence-electron chi connectivity index (χ1n) is 4.95. The van der Waals surface area contributed by atoms with Crippen LogP contribution in [0.3, 0.4) is 0 Å². The molecule has 0 saturated heterocycles. The van der Waals surface area contributed by atoms with Crippen LogP contribution in [0.5, 0.6) is 0 Å². The topological polar surface area (TPSA) is 95.6 Å². The summed E-state index contributed by atoms with van der Waals surface area (Å²) < 4.78 is 0. The van der Waals surface area contributed by atoms with Crippen LogP contribution in [-0.4, -0.2) is 29.3 Å². The summed E-state index contributed by atoms with van der Waals surface area (Å²) in [6, 6.07) is 9.16. The van der Waals surface area contributed by atoms with Crippen molar-refractivity contribution in [2.45, 2.75) is 6.42 Å². The Morgan fingerprint density at radius 1 is 1.25 bits per heavy atom. The van der Waals surface area contributed by atoms with Crippen LogP contribution in [0.4, 0.5) is 0 Å². The number of hydrogen-bond donors (Lipinski definition) is 4. The first-order chi connectivity index (χ1) is 7.68. The highest BCUT2D eigenvalue weighted by Crippen LogP contribution is 2.22. The summed E-state index contributed by atoms with van der Waals surface area (Å²) in [5.74, 6) is 4.47. The van der Waals surface area contributed by atoms with Crippen LogP contribution >= 0.6 is 0 Å². The summed E-state index contributed by atoms with van der Waals surface area (Å²) in [7, 11) is 0. The summed E-state index contributed by atoms with van der Waals surface area (Å²) in [4.78, 5) is 11.5. The van der Waals surface area contributed by atoms with Gasteiger partial charge in [0.1, 0.15) is 5.41 Å². The molecule has 1 aromatic rings. The Hall–Kier alpha value is -1.43. The molecule has 0 aliphatic heterocycles. The molecule has 0 aromatic heterocycles. The number of nitrogens with two attached hydrogens (primary N) is 1. The highest BCUT2D eigenvalue weighted by molar-refractivity contribution is 5.82. The molecule has 0 bridgehead atoms. The van der Waals surface area contributed by atoms with Gasteiger partial charge in [0.2, 0.25) is 5.91 Å². The minimum absolute atomic E-state index is 0.240. The van der Waals surface area contributed by atoms with Gasteiger partial charge in [0, 0.05) is 0 Å². The van der Waals surface area contributed by atoms with Crippen LogP contribution in [0, 0.1) is 5.41 Å². The standard InChI is InChI=1S/C11H16N2O3/c12-13-10(16)11(7-14,8-15)6-9-4-2-1-3-5-9/h1-5,14-15H,6-8,12H2,(H,13,16). The zero-order valence-corrected chi connectivity index (χ0v) is 8.89. The number of carbonyl (C=O) groups excluding carboxylic acids is 1. The Morgan fingerprint density at radius 3 is 2.25 bits per heavy atom. The van der Waals surface area contributed by atoms with Gasteiger partial charge in [0.25, 0.3) is 0 Å². The van der Waals surface area contributed by atoms with Crippen LogP contribution in [0.1, 0.15) is 5.56 Å². The zero-order chi connectivity index (χ0) is 12.0. The number of carbonyl (C=O) groups is 1. The van der Waals surface area contributed by atoms with Crippen molar-refractivity contribution in [2.75, 3.05) is 13.2 Å². The van der Waals surface area contributed by atoms with E-state index in [0.29, 0.717) is 0 Å². The number of aliphatic hydroxyl groups excluding tert-OH is 2. The molecular weight excluding hydrogens is 208 g/mol. The Labute approximate surface area is 93.9 Å². The highest BCUT2D eigenvalue weighted by Gasteiger charge is 2.37. The van der Waals surface area contributed by atoms with Crippen LogP contribution in [0.2, 0.25) is 0 Å². The fourth-order valence-electron chi connectivity index (χ4n) is 1.53. The molecule has 5 heteroatoms. The average Bonchev–Trinajstić information content (AvgIpc) is 2.36. The molecule has 0 heterocycles. The van der Waals surface area contributed by atoms with Gasteiger partial charge >= 0.3 is 0 Å². The Morgan fingerprint density at radius 2 is 1.81 bits per heavy atom. The van der Waals surface area contributed by atoms with E-state index in [0.717, 1.165) is 5.56 Å². The molecule has 0 unspecified atom stereocenters. The molecule has 0 atom stereocenters. The van der Waals surface area contributed by atoms with Gasteiger partial charge in [-0.25, -0.2) is 5.84 Å². The van der Waals surface area contributed by atoms with E-state index >= 15 is 0 Å². The first-order valence-corrected chi connectivity index (χ1v) is 4.95. The lowest BCUT2D eigenvalue weighted by Crippen LogP contribution is -2.50. The lowest BCUT2D eigenvalue weighted by atomic mass is 9.82. The molecule has 16 heavy (non-hydrogen) atoms. The van der Waals surface area contributed by atoms with Crippen molar-refractivity contribution in [3.63, 3.8) is 0 Å². The molecule has 5 N–H and O–H groups in total. The maximum Gasteiger partial charge on any atom is 0.245 e. The Balaban J connectivity index is 2.91. The van der Waals surface area contributed by atoms with Gasteiger partial charge in [0.15, 0.2) is 0 Å². The summed E-state index contributed by atoms with van der Waals surface area (Å²) in [6.45, 7) is -0.914. The largest absolute Gasteiger partial charge is 0.395 e. The lowest BCUT2D eigenvalue weighted by molar-refractivity contribution is -0.136. The number of rotatable bonds is 5. The van der Waals surface area contributed by atoms with E-state index < -0.39 is 24.5 Å². The van der Waals surface area contributed by atoms with Gasteiger partial charge < -0.3 is 10.2 Å². The van der Waals surface area contributed by atoms with Crippen molar-refractivity contribution < 1.29 is 15.0 Å². The number of aliphatic hydroxyl groups is 2. The Kier molecular flexibility index (Phi) is 4.42. The molecule has 88 valence electrons. The third-order valence-corrected chi connectivity index (χ3v) is 2.60. The first kappa shape index (κ1) is 12.6. The van der Waals surface area contributed by atoms with E-state index in [4.69, 9.17) is 5.84 Å². The summed E-state index contributed by atoms with van der Waals surface area (Å²) in [6.07, 6.45) is 0.240. The molecule has 5 nitrogen and oxygen atoms in total. The third kappa shape index (κ3) is 2.57. The summed E-state index contributed by atoms with van der Waals surface area (Å²) in [5, 5.41) is 18.5. The third-order valence-electron chi connectivity index (χ3n) is 2.60. The predicted molar refractivity (Wildman–Crippen MR) is 59.1 cm³/mol. The summed E-state index contributed by atoms with van der Waals surface area (Å²) in [5.41, 5.74) is 1.56. The van der Waals surface area contributed by atoms with Crippen molar-refractivity contribution in [1.82, 2.24) is 5.43 Å². The summed E-state index contributed by atoms with van der Waals surface area (Å²) >= 11 is 0. The monoisotopic (exact) mass is 224 g/mol. The van der Waals surface area contributed by atoms with Crippen molar-refractivity contribution in [1.29, 1.82) is 0 Å². The van der Waals surface area contributed by atoms with Gasteiger partial charge in [-0.05, 0) is 12.0 Å². The Bertz CT molecular complexity index is 336. The fraction of sp³-hybridized carbons (Fsp3) is 0.364. The molecule has 1 aromatic carbocycles. The van der Waals surface area contributed by atoms with Crippen LogP contribution in [0.15, 0.2) is 30.3 Å².